The Morgan fingerprint density at radius 1 is 1.16 bits per heavy atom. The highest BCUT2D eigenvalue weighted by molar-refractivity contribution is 5.36. The van der Waals surface area contributed by atoms with E-state index in [4.69, 9.17) is 10.5 Å². The highest BCUT2D eigenvalue weighted by Crippen LogP contribution is 2.26. The average molecular weight is 257 g/mol. The molecule has 19 heavy (non-hydrogen) atoms. The molecule has 102 valence electrons. The normalized spacial score (nSPS) is 22.6. The predicted molar refractivity (Wildman–Crippen MR) is 78.6 cm³/mol. The molecule has 0 radical (unpaired) electrons. The fourth-order valence-corrected chi connectivity index (χ4v) is 2.45. The fraction of sp³-hybridized carbons (Fsp3) is 0.529. The average Bonchev–Trinajstić information content (AvgIpc) is 2.46. The number of ether oxygens (including phenoxy) is 1. The number of hydrogen-bond donors (Lipinski definition) is 1. The summed E-state index contributed by atoms with van der Waals surface area (Å²) in [6, 6.07) is 8.24. The highest BCUT2D eigenvalue weighted by Gasteiger charge is 2.18. The van der Waals surface area contributed by atoms with Gasteiger partial charge in [-0.2, -0.15) is 0 Å². The summed E-state index contributed by atoms with van der Waals surface area (Å²) in [5.41, 5.74) is 7.59. The maximum Gasteiger partial charge on any atom is 0.0720 e. The molecular weight excluding hydrogens is 234 g/mol. The summed E-state index contributed by atoms with van der Waals surface area (Å²) >= 11 is 0. The van der Waals surface area contributed by atoms with Crippen molar-refractivity contribution < 1.29 is 4.74 Å². The minimum Gasteiger partial charge on any atom is -0.374 e. The van der Waals surface area contributed by atoms with Gasteiger partial charge in [-0.3, -0.25) is 0 Å². The van der Waals surface area contributed by atoms with Gasteiger partial charge in [0.1, 0.15) is 0 Å². The van der Waals surface area contributed by atoms with Gasteiger partial charge in [0.25, 0.3) is 0 Å². The lowest BCUT2D eigenvalue weighted by Gasteiger charge is -2.26. The summed E-state index contributed by atoms with van der Waals surface area (Å²) in [4.78, 5) is 0. The lowest BCUT2D eigenvalue weighted by Crippen LogP contribution is -2.20. The van der Waals surface area contributed by atoms with Crippen LogP contribution >= 0.6 is 0 Å². The Hall–Kier alpha value is -1.30. The van der Waals surface area contributed by atoms with Crippen molar-refractivity contribution in [3.8, 4) is 11.8 Å². The van der Waals surface area contributed by atoms with Crippen molar-refractivity contribution in [3.05, 3.63) is 35.4 Å². The molecule has 1 aliphatic rings. The van der Waals surface area contributed by atoms with Gasteiger partial charge in [-0.1, -0.05) is 30.9 Å². The van der Waals surface area contributed by atoms with Crippen LogP contribution in [0.3, 0.4) is 0 Å². The Balaban J connectivity index is 1.80. The maximum atomic E-state index is 5.98. The zero-order valence-corrected chi connectivity index (χ0v) is 11.7. The van der Waals surface area contributed by atoms with E-state index in [1.807, 2.05) is 12.1 Å². The third-order valence-corrected chi connectivity index (χ3v) is 3.74. The van der Waals surface area contributed by atoms with Gasteiger partial charge in [0.15, 0.2) is 0 Å². The Morgan fingerprint density at radius 3 is 2.47 bits per heavy atom. The van der Waals surface area contributed by atoms with Crippen LogP contribution in [0.25, 0.3) is 0 Å². The molecule has 2 heteroatoms. The lowest BCUT2D eigenvalue weighted by atomic mass is 9.89. The van der Waals surface area contributed by atoms with Gasteiger partial charge in [-0.05, 0) is 49.3 Å². The van der Waals surface area contributed by atoms with Crippen molar-refractivity contribution in [2.45, 2.75) is 45.3 Å². The van der Waals surface area contributed by atoms with Crippen molar-refractivity contribution in [1.82, 2.24) is 0 Å². The van der Waals surface area contributed by atoms with E-state index in [1.165, 1.54) is 31.2 Å². The van der Waals surface area contributed by atoms with Gasteiger partial charge < -0.3 is 10.5 Å². The first kappa shape index (κ1) is 14.1. The smallest absolute Gasteiger partial charge is 0.0720 e. The summed E-state index contributed by atoms with van der Waals surface area (Å²) in [7, 11) is 0. The van der Waals surface area contributed by atoms with E-state index in [1.54, 1.807) is 0 Å². The molecule has 0 atom stereocenters. The van der Waals surface area contributed by atoms with Gasteiger partial charge in [-0.15, -0.1) is 0 Å². The van der Waals surface area contributed by atoms with Crippen molar-refractivity contribution in [2.24, 2.45) is 11.7 Å². The molecule has 0 heterocycles. The molecule has 1 saturated carbocycles. The Morgan fingerprint density at radius 2 is 1.84 bits per heavy atom. The molecule has 1 aromatic rings. The monoisotopic (exact) mass is 257 g/mol. The van der Waals surface area contributed by atoms with Crippen LogP contribution in [-0.4, -0.2) is 12.6 Å². The predicted octanol–water partition coefficient (Wildman–Crippen LogP) is 3.09. The molecule has 0 aromatic heterocycles. The molecular formula is C17H23NO. The second kappa shape index (κ2) is 7.33. The van der Waals surface area contributed by atoms with Gasteiger partial charge in [0.05, 0.1) is 19.3 Å². The van der Waals surface area contributed by atoms with Crippen molar-refractivity contribution in [3.63, 3.8) is 0 Å². The van der Waals surface area contributed by atoms with Gasteiger partial charge in [0.2, 0.25) is 0 Å². The van der Waals surface area contributed by atoms with Crippen LogP contribution in [0.15, 0.2) is 24.3 Å². The summed E-state index contributed by atoms with van der Waals surface area (Å²) in [6.45, 7) is 3.45. The van der Waals surface area contributed by atoms with Crippen molar-refractivity contribution in [2.75, 3.05) is 6.54 Å². The fourth-order valence-electron chi connectivity index (χ4n) is 2.45. The van der Waals surface area contributed by atoms with Crippen LogP contribution in [0.1, 0.15) is 43.7 Å². The van der Waals surface area contributed by atoms with E-state index in [-0.39, 0.29) is 0 Å². The first-order valence-electron chi connectivity index (χ1n) is 7.17. The van der Waals surface area contributed by atoms with E-state index >= 15 is 0 Å². The number of rotatable bonds is 3. The summed E-state index contributed by atoms with van der Waals surface area (Å²) < 4.78 is 5.98. The first-order valence-corrected chi connectivity index (χ1v) is 7.17. The number of nitrogens with two attached hydrogens (primary N) is 1. The third kappa shape index (κ3) is 4.70. The standard InChI is InChI=1S/C17H23NO/c1-14-4-10-17(11-5-14)19-13-16-8-6-15(7-9-16)3-2-12-18/h6-9,14,17H,4-5,10-13,18H2,1H3. The van der Waals surface area contributed by atoms with Gasteiger partial charge in [0, 0.05) is 5.56 Å². The molecule has 0 unspecified atom stereocenters. The summed E-state index contributed by atoms with van der Waals surface area (Å²) in [5.74, 6) is 6.76. The molecule has 2 N–H and O–H groups in total. The lowest BCUT2D eigenvalue weighted by molar-refractivity contribution is 0.00877. The molecule has 0 saturated heterocycles. The van der Waals surface area contributed by atoms with E-state index < -0.39 is 0 Å². The van der Waals surface area contributed by atoms with Crippen molar-refractivity contribution >= 4 is 0 Å². The summed E-state index contributed by atoms with van der Waals surface area (Å²) in [5, 5.41) is 0. The first-order chi connectivity index (χ1) is 9.28. The molecule has 2 rings (SSSR count). The van der Waals surface area contributed by atoms with Crippen LogP contribution in [0.4, 0.5) is 0 Å². The summed E-state index contributed by atoms with van der Waals surface area (Å²) in [6.07, 6.45) is 5.48. The SMILES string of the molecule is CC1CCC(OCc2ccc(C#CCN)cc2)CC1. The Labute approximate surface area is 116 Å². The van der Waals surface area contributed by atoms with Crippen LogP contribution in [0, 0.1) is 17.8 Å². The van der Waals surface area contributed by atoms with E-state index in [0.29, 0.717) is 19.3 Å². The quantitative estimate of drug-likeness (QED) is 0.845. The van der Waals surface area contributed by atoms with Gasteiger partial charge >= 0.3 is 0 Å². The Bertz CT molecular complexity index is 433. The molecule has 0 spiro atoms. The number of hydrogen-bond acceptors (Lipinski definition) is 2. The molecule has 1 aliphatic carbocycles. The molecule has 2 nitrogen and oxygen atoms in total. The topological polar surface area (TPSA) is 35.2 Å². The molecule has 1 aromatic carbocycles. The highest BCUT2D eigenvalue weighted by atomic mass is 16.5. The minimum atomic E-state index is 0.408. The van der Waals surface area contributed by atoms with Crippen LogP contribution in [-0.2, 0) is 11.3 Å². The Kier molecular flexibility index (Phi) is 5.44. The molecule has 0 bridgehead atoms. The second-order valence-electron chi connectivity index (χ2n) is 5.40. The largest absolute Gasteiger partial charge is 0.374 e. The molecule has 1 fully saturated rings. The van der Waals surface area contributed by atoms with Gasteiger partial charge in [-0.25, -0.2) is 0 Å². The van der Waals surface area contributed by atoms with Crippen LogP contribution in [0.2, 0.25) is 0 Å². The maximum absolute atomic E-state index is 5.98. The zero-order chi connectivity index (χ0) is 13.5. The van der Waals surface area contributed by atoms with E-state index in [2.05, 4.69) is 30.9 Å². The van der Waals surface area contributed by atoms with E-state index in [9.17, 15) is 0 Å². The molecule has 0 aliphatic heterocycles. The molecule has 0 amide bonds. The van der Waals surface area contributed by atoms with E-state index in [0.717, 1.165) is 11.5 Å². The third-order valence-electron chi connectivity index (χ3n) is 3.74. The van der Waals surface area contributed by atoms with Crippen molar-refractivity contribution in [1.29, 1.82) is 0 Å². The van der Waals surface area contributed by atoms with Crippen LogP contribution in [0.5, 0.6) is 0 Å². The van der Waals surface area contributed by atoms with Crippen LogP contribution < -0.4 is 5.73 Å². The minimum absolute atomic E-state index is 0.408. The second-order valence-corrected chi connectivity index (χ2v) is 5.40. The zero-order valence-electron chi connectivity index (χ0n) is 11.7. The number of benzene rings is 1.